The smallest absolute Gasteiger partial charge is 0.255 e. The Morgan fingerprint density at radius 2 is 1.97 bits per heavy atom. The van der Waals surface area contributed by atoms with E-state index in [1.54, 1.807) is 32.4 Å². The van der Waals surface area contributed by atoms with E-state index < -0.39 is 6.10 Å². The van der Waals surface area contributed by atoms with Gasteiger partial charge in [0, 0.05) is 35.5 Å². The number of hydrogen-bond acceptors (Lipinski definition) is 4. The average Bonchev–Trinajstić information content (AvgIpc) is 3.24. The standard InChI is InChI=1S/C24H28ClFN4O2/c1-29(2)23(31)22(20-13-18(25)12-16-14-27-28-21(16)20)32-15-24(8-10-30(3)11-9-24)17-4-6-19(26)7-5-17/h4-7,12-14,22H,8-11,15H2,1-3H3,(H,27,28). The second-order valence-corrected chi connectivity index (χ2v) is 9.28. The Balaban J connectivity index is 1.70. The van der Waals surface area contributed by atoms with Gasteiger partial charge < -0.3 is 14.5 Å². The molecule has 170 valence electrons. The Kier molecular flexibility index (Phi) is 6.51. The number of fused-ring (bicyclic) bond motifs is 1. The summed E-state index contributed by atoms with van der Waals surface area (Å²) in [5.74, 6) is -0.440. The maximum atomic E-state index is 13.6. The molecule has 1 saturated heterocycles. The van der Waals surface area contributed by atoms with Crippen molar-refractivity contribution in [2.24, 2.45) is 0 Å². The van der Waals surface area contributed by atoms with Crippen molar-refractivity contribution >= 4 is 28.4 Å². The van der Waals surface area contributed by atoms with Gasteiger partial charge in [-0.3, -0.25) is 9.89 Å². The minimum atomic E-state index is -0.844. The molecule has 3 aromatic rings. The van der Waals surface area contributed by atoms with Crippen LogP contribution in [0.4, 0.5) is 4.39 Å². The quantitative estimate of drug-likeness (QED) is 0.602. The van der Waals surface area contributed by atoms with Crippen LogP contribution in [0.1, 0.15) is 30.1 Å². The fraction of sp³-hybridized carbons (Fsp3) is 0.417. The zero-order valence-electron chi connectivity index (χ0n) is 18.6. The molecular formula is C24H28ClFN4O2. The summed E-state index contributed by atoms with van der Waals surface area (Å²) in [5, 5.41) is 8.42. The molecule has 2 aromatic carbocycles. The lowest BCUT2D eigenvalue weighted by atomic mass is 9.73. The molecule has 1 amide bonds. The lowest BCUT2D eigenvalue weighted by molar-refractivity contribution is -0.143. The lowest BCUT2D eigenvalue weighted by Crippen LogP contribution is -2.44. The van der Waals surface area contributed by atoms with Crippen LogP contribution in [0.25, 0.3) is 10.9 Å². The first kappa shape index (κ1) is 22.7. The summed E-state index contributed by atoms with van der Waals surface area (Å²) < 4.78 is 20.1. The molecule has 6 nitrogen and oxygen atoms in total. The molecular weight excluding hydrogens is 431 g/mol. The minimum absolute atomic E-state index is 0.176. The van der Waals surface area contributed by atoms with E-state index in [9.17, 15) is 9.18 Å². The number of likely N-dealkylation sites (tertiary alicyclic amines) is 1. The van der Waals surface area contributed by atoms with Crippen molar-refractivity contribution in [3.8, 4) is 0 Å². The number of aromatic nitrogens is 2. The Morgan fingerprint density at radius 3 is 2.62 bits per heavy atom. The number of carbonyl (C=O) groups excluding carboxylic acids is 1. The van der Waals surface area contributed by atoms with Crippen molar-refractivity contribution in [3.63, 3.8) is 0 Å². The molecule has 1 aromatic heterocycles. The molecule has 1 aliphatic heterocycles. The molecule has 1 fully saturated rings. The molecule has 32 heavy (non-hydrogen) atoms. The van der Waals surface area contributed by atoms with Crippen LogP contribution in [0.2, 0.25) is 5.02 Å². The Hall–Kier alpha value is -2.48. The lowest BCUT2D eigenvalue weighted by Gasteiger charge is -2.41. The zero-order chi connectivity index (χ0) is 22.9. The predicted octanol–water partition coefficient (Wildman–Crippen LogP) is 4.16. The summed E-state index contributed by atoms with van der Waals surface area (Å²) >= 11 is 6.35. The molecule has 8 heteroatoms. The van der Waals surface area contributed by atoms with E-state index in [1.165, 1.54) is 17.0 Å². The van der Waals surface area contributed by atoms with Gasteiger partial charge in [-0.1, -0.05) is 23.7 Å². The number of halogens is 2. The van der Waals surface area contributed by atoms with Gasteiger partial charge in [0.2, 0.25) is 0 Å². The Bertz CT molecular complexity index is 1090. The number of carbonyl (C=O) groups is 1. The summed E-state index contributed by atoms with van der Waals surface area (Å²) in [6.45, 7) is 2.13. The first-order chi connectivity index (χ1) is 15.3. The molecule has 1 atom stereocenters. The average molecular weight is 459 g/mol. The Labute approximate surface area is 192 Å². The second kappa shape index (κ2) is 9.17. The summed E-state index contributed by atoms with van der Waals surface area (Å²) in [6.07, 6.45) is 2.54. The number of H-pyrrole nitrogens is 1. The SMILES string of the molecule is CN1CCC(COC(C(=O)N(C)C)c2cc(Cl)cc3cn[nH]c23)(c2ccc(F)cc2)CC1. The van der Waals surface area contributed by atoms with Crippen molar-refractivity contribution in [1.82, 2.24) is 20.0 Å². The zero-order valence-corrected chi connectivity index (χ0v) is 19.3. The highest BCUT2D eigenvalue weighted by Gasteiger charge is 2.38. The van der Waals surface area contributed by atoms with Gasteiger partial charge in [0.25, 0.3) is 5.91 Å². The molecule has 1 aliphatic rings. The van der Waals surface area contributed by atoms with Crippen LogP contribution in [-0.4, -0.2) is 66.7 Å². The van der Waals surface area contributed by atoms with Gasteiger partial charge in [0.15, 0.2) is 6.10 Å². The van der Waals surface area contributed by atoms with Gasteiger partial charge in [-0.15, -0.1) is 0 Å². The van der Waals surface area contributed by atoms with Crippen LogP contribution in [-0.2, 0) is 14.9 Å². The summed E-state index contributed by atoms with van der Waals surface area (Å²) in [4.78, 5) is 17.0. The number of nitrogens with zero attached hydrogens (tertiary/aromatic N) is 3. The number of likely N-dealkylation sites (N-methyl/N-ethyl adjacent to an activating group) is 1. The molecule has 0 spiro atoms. The van der Waals surface area contributed by atoms with Crippen LogP contribution in [0.5, 0.6) is 0 Å². The maximum absolute atomic E-state index is 13.6. The molecule has 1 unspecified atom stereocenters. The molecule has 0 bridgehead atoms. The normalized spacial score (nSPS) is 17.4. The van der Waals surface area contributed by atoms with E-state index in [1.807, 2.05) is 12.1 Å². The predicted molar refractivity (Wildman–Crippen MR) is 123 cm³/mol. The monoisotopic (exact) mass is 458 g/mol. The van der Waals surface area contributed by atoms with Crippen molar-refractivity contribution in [2.75, 3.05) is 40.8 Å². The first-order valence-corrected chi connectivity index (χ1v) is 11.1. The minimum Gasteiger partial charge on any atom is -0.363 e. The van der Waals surface area contributed by atoms with Crippen LogP contribution < -0.4 is 0 Å². The molecule has 0 radical (unpaired) electrons. The largest absolute Gasteiger partial charge is 0.363 e. The number of amides is 1. The number of rotatable bonds is 6. The number of aromatic amines is 1. The van der Waals surface area contributed by atoms with Crippen molar-refractivity contribution < 1.29 is 13.9 Å². The Morgan fingerprint density at radius 1 is 1.28 bits per heavy atom. The van der Waals surface area contributed by atoms with Gasteiger partial charge >= 0.3 is 0 Å². The number of nitrogens with one attached hydrogen (secondary N) is 1. The number of benzene rings is 2. The number of piperidine rings is 1. The number of hydrogen-bond donors (Lipinski definition) is 1. The highest BCUT2D eigenvalue weighted by atomic mass is 35.5. The third kappa shape index (κ3) is 4.51. The van der Waals surface area contributed by atoms with Crippen LogP contribution in [0.15, 0.2) is 42.6 Å². The van der Waals surface area contributed by atoms with E-state index in [0.29, 0.717) is 17.2 Å². The molecule has 1 N–H and O–H groups in total. The summed E-state index contributed by atoms with van der Waals surface area (Å²) in [6, 6.07) is 10.2. The fourth-order valence-electron chi connectivity index (χ4n) is 4.39. The van der Waals surface area contributed by atoms with E-state index in [2.05, 4.69) is 22.1 Å². The molecule has 0 saturated carbocycles. The van der Waals surface area contributed by atoms with E-state index in [4.69, 9.17) is 16.3 Å². The van der Waals surface area contributed by atoms with Crippen molar-refractivity contribution in [2.45, 2.75) is 24.4 Å². The topological polar surface area (TPSA) is 61.5 Å². The molecule has 2 heterocycles. The van der Waals surface area contributed by atoms with E-state index >= 15 is 0 Å². The fourth-order valence-corrected chi connectivity index (χ4v) is 4.63. The third-order valence-electron chi connectivity index (χ3n) is 6.42. The van der Waals surface area contributed by atoms with Gasteiger partial charge in [0.1, 0.15) is 5.82 Å². The summed E-state index contributed by atoms with van der Waals surface area (Å²) in [7, 11) is 5.51. The molecule has 4 rings (SSSR count). The molecule has 0 aliphatic carbocycles. The second-order valence-electron chi connectivity index (χ2n) is 8.84. The number of ether oxygens (including phenoxy) is 1. The van der Waals surface area contributed by atoms with Crippen LogP contribution in [0.3, 0.4) is 0 Å². The van der Waals surface area contributed by atoms with E-state index in [0.717, 1.165) is 42.4 Å². The maximum Gasteiger partial charge on any atom is 0.255 e. The van der Waals surface area contributed by atoms with Crippen LogP contribution in [0, 0.1) is 5.82 Å². The van der Waals surface area contributed by atoms with E-state index in [-0.39, 0.29) is 17.1 Å². The highest BCUT2D eigenvalue weighted by Crippen LogP contribution is 2.38. The van der Waals surface area contributed by atoms with Gasteiger partial charge in [0.05, 0.1) is 18.3 Å². The first-order valence-electron chi connectivity index (χ1n) is 10.7. The third-order valence-corrected chi connectivity index (χ3v) is 6.64. The highest BCUT2D eigenvalue weighted by molar-refractivity contribution is 6.31. The van der Waals surface area contributed by atoms with Crippen molar-refractivity contribution in [3.05, 3.63) is 64.6 Å². The van der Waals surface area contributed by atoms with Gasteiger partial charge in [-0.05, 0) is 62.8 Å². The van der Waals surface area contributed by atoms with Crippen molar-refractivity contribution in [1.29, 1.82) is 0 Å². The summed E-state index contributed by atoms with van der Waals surface area (Å²) in [5.41, 5.74) is 2.11. The van der Waals surface area contributed by atoms with Gasteiger partial charge in [-0.2, -0.15) is 5.10 Å². The van der Waals surface area contributed by atoms with Gasteiger partial charge in [-0.25, -0.2) is 4.39 Å². The van der Waals surface area contributed by atoms with Crippen LogP contribution >= 0.6 is 11.6 Å².